The highest BCUT2D eigenvalue weighted by Gasteiger charge is 2.51. The normalized spacial score (nSPS) is 11.8. The van der Waals surface area contributed by atoms with Gasteiger partial charge in [0, 0.05) is 19.8 Å². The Kier molecular flexibility index (Phi) is 6.17. The summed E-state index contributed by atoms with van der Waals surface area (Å²) >= 11 is 0. The van der Waals surface area contributed by atoms with Gasteiger partial charge in [0.1, 0.15) is 5.76 Å². The number of nitrogens with one attached hydrogen (secondary N) is 2. The van der Waals surface area contributed by atoms with Crippen LogP contribution in [0.5, 0.6) is 0 Å². The quantitative estimate of drug-likeness (QED) is 0.555. The fourth-order valence-corrected chi connectivity index (χ4v) is 2.45. The molecule has 1 amide bonds. The van der Waals surface area contributed by atoms with Gasteiger partial charge in [-0.05, 0) is 5.41 Å². The Morgan fingerprint density at radius 3 is 2.00 bits per heavy atom. The maximum absolute atomic E-state index is 12.3. The highest BCUT2D eigenvalue weighted by atomic mass is 16.5. The average molecular weight is 356 g/mol. The molecule has 0 aromatic carbocycles. The predicted octanol–water partition coefficient (Wildman–Crippen LogP) is 0.320. The third kappa shape index (κ3) is 4.71. The molecule has 1 aromatic heterocycles. The van der Waals surface area contributed by atoms with E-state index in [4.69, 9.17) is 4.52 Å². The van der Waals surface area contributed by atoms with Crippen LogP contribution in [-0.2, 0) is 36.7 Å². The number of amides is 1. The molecule has 9 heteroatoms. The largest absolute Gasteiger partial charge is 0.467 e. The van der Waals surface area contributed by atoms with Crippen molar-refractivity contribution < 1.29 is 28.4 Å². The molecule has 140 valence electrons. The van der Waals surface area contributed by atoms with Gasteiger partial charge in [-0.3, -0.25) is 9.59 Å². The van der Waals surface area contributed by atoms with Crippen LogP contribution in [0.25, 0.3) is 0 Å². The van der Waals surface area contributed by atoms with Crippen molar-refractivity contribution >= 4 is 17.8 Å². The Bertz CT molecular complexity index is 693. The number of hydrogen-bond donors (Lipinski definition) is 2. The molecule has 0 unspecified atom stereocenters. The minimum absolute atomic E-state index is 0.0690. The monoisotopic (exact) mass is 356 g/mol. The summed E-state index contributed by atoms with van der Waals surface area (Å²) in [7, 11) is 2.13. The summed E-state index contributed by atoms with van der Waals surface area (Å²) < 4.78 is 14.5. The Balaban J connectivity index is 3.47. The number of carbonyl (C=O) groups is 3. The number of H-pyrrole nitrogens is 1. The zero-order chi connectivity index (χ0) is 19.4. The second kappa shape index (κ2) is 7.54. The molecule has 0 saturated heterocycles. The molecule has 0 aliphatic carbocycles. The van der Waals surface area contributed by atoms with E-state index in [1.807, 2.05) is 20.8 Å². The summed E-state index contributed by atoms with van der Waals surface area (Å²) in [4.78, 5) is 48.4. The SMILES string of the molecule is COC(=O)C(Cc1c(CC(C)(C)C)o[nH]c1=O)(NC(C)=O)C(=O)OC. The molecule has 2 N–H and O–H groups in total. The standard InChI is InChI=1S/C16H24N2O7/c1-9(19)17-16(13(21)23-5,14(22)24-6)7-10-11(8-15(2,3)4)25-18-12(10)20/h7-8H2,1-6H3,(H,17,19)(H,18,20). The first-order valence-electron chi connectivity index (χ1n) is 7.61. The number of aromatic amines is 1. The first kappa shape index (κ1) is 20.5. The van der Waals surface area contributed by atoms with Gasteiger partial charge in [-0.25, -0.2) is 9.59 Å². The highest BCUT2D eigenvalue weighted by Crippen LogP contribution is 2.25. The highest BCUT2D eigenvalue weighted by molar-refractivity contribution is 6.07. The molecule has 1 rings (SSSR count). The lowest BCUT2D eigenvalue weighted by atomic mass is 9.85. The van der Waals surface area contributed by atoms with Gasteiger partial charge in [-0.15, -0.1) is 0 Å². The molecule has 0 aliphatic rings. The zero-order valence-electron chi connectivity index (χ0n) is 15.3. The van der Waals surface area contributed by atoms with Gasteiger partial charge in [-0.1, -0.05) is 20.8 Å². The van der Waals surface area contributed by atoms with Crippen molar-refractivity contribution in [3.05, 3.63) is 21.7 Å². The molecule has 0 atom stereocenters. The second-order valence-electron chi connectivity index (χ2n) is 6.92. The van der Waals surface area contributed by atoms with Crippen LogP contribution >= 0.6 is 0 Å². The molecule has 0 saturated carbocycles. The van der Waals surface area contributed by atoms with Gasteiger partial charge in [0.05, 0.1) is 19.8 Å². The summed E-state index contributed by atoms with van der Waals surface area (Å²) in [6.45, 7) is 6.94. The van der Waals surface area contributed by atoms with E-state index < -0.39 is 35.4 Å². The maximum atomic E-state index is 12.3. The lowest BCUT2D eigenvalue weighted by Crippen LogP contribution is -2.62. The van der Waals surface area contributed by atoms with E-state index in [0.717, 1.165) is 21.1 Å². The van der Waals surface area contributed by atoms with Crippen LogP contribution in [-0.4, -0.2) is 42.8 Å². The van der Waals surface area contributed by atoms with E-state index in [-0.39, 0.29) is 11.0 Å². The molecule has 1 aromatic rings. The summed E-state index contributed by atoms with van der Waals surface area (Å²) in [5.41, 5.74) is -2.93. The van der Waals surface area contributed by atoms with E-state index in [1.54, 1.807) is 0 Å². The van der Waals surface area contributed by atoms with Gasteiger partial charge >= 0.3 is 11.9 Å². The van der Waals surface area contributed by atoms with Crippen molar-refractivity contribution in [1.29, 1.82) is 0 Å². The molecule has 25 heavy (non-hydrogen) atoms. The van der Waals surface area contributed by atoms with Crippen molar-refractivity contribution in [2.45, 2.75) is 46.1 Å². The van der Waals surface area contributed by atoms with Crippen LogP contribution in [0.3, 0.4) is 0 Å². The third-order valence-electron chi connectivity index (χ3n) is 3.47. The Hall–Kier alpha value is -2.58. The number of esters is 2. The van der Waals surface area contributed by atoms with E-state index in [9.17, 15) is 19.2 Å². The Morgan fingerprint density at radius 2 is 1.60 bits per heavy atom. The van der Waals surface area contributed by atoms with Crippen molar-refractivity contribution in [3.8, 4) is 0 Å². The van der Waals surface area contributed by atoms with Crippen molar-refractivity contribution in [3.63, 3.8) is 0 Å². The van der Waals surface area contributed by atoms with Gasteiger partial charge in [-0.2, -0.15) is 5.16 Å². The van der Waals surface area contributed by atoms with Crippen molar-refractivity contribution in [1.82, 2.24) is 10.5 Å². The minimum Gasteiger partial charge on any atom is -0.467 e. The van der Waals surface area contributed by atoms with Crippen LogP contribution in [0.15, 0.2) is 9.32 Å². The van der Waals surface area contributed by atoms with E-state index >= 15 is 0 Å². The van der Waals surface area contributed by atoms with Crippen LogP contribution in [0.4, 0.5) is 0 Å². The minimum atomic E-state index is -2.18. The number of carbonyl (C=O) groups excluding carboxylic acids is 3. The summed E-state index contributed by atoms with van der Waals surface area (Å²) in [5, 5.41) is 4.47. The smallest absolute Gasteiger partial charge is 0.343 e. The molecule has 0 radical (unpaired) electrons. The maximum Gasteiger partial charge on any atom is 0.343 e. The first-order valence-corrected chi connectivity index (χ1v) is 7.61. The molecular formula is C16H24N2O7. The second-order valence-corrected chi connectivity index (χ2v) is 6.92. The van der Waals surface area contributed by atoms with Gasteiger partial charge in [0.25, 0.3) is 5.56 Å². The third-order valence-corrected chi connectivity index (χ3v) is 3.47. The van der Waals surface area contributed by atoms with Crippen LogP contribution in [0.2, 0.25) is 0 Å². The Labute approximate surface area is 145 Å². The average Bonchev–Trinajstić information content (AvgIpc) is 2.83. The molecular weight excluding hydrogens is 332 g/mol. The molecule has 0 bridgehead atoms. The van der Waals surface area contributed by atoms with Crippen LogP contribution in [0.1, 0.15) is 39.0 Å². The lowest BCUT2D eigenvalue weighted by molar-refractivity contribution is -0.165. The number of hydrogen-bond acceptors (Lipinski definition) is 7. The first-order chi connectivity index (χ1) is 11.5. The number of rotatable bonds is 6. The van der Waals surface area contributed by atoms with Crippen LogP contribution < -0.4 is 10.9 Å². The summed E-state index contributed by atoms with van der Waals surface area (Å²) in [6.07, 6.45) is -0.0806. The molecule has 9 nitrogen and oxygen atoms in total. The number of methoxy groups -OCH3 is 2. The lowest BCUT2D eigenvalue weighted by Gasteiger charge is -2.28. The van der Waals surface area contributed by atoms with E-state index in [2.05, 4.69) is 19.9 Å². The summed E-state index contributed by atoms with van der Waals surface area (Å²) in [6, 6.07) is 0. The van der Waals surface area contributed by atoms with Crippen molar-refractivity contribution in [2.75, 3.05) is 14.2 Å². The fourth-order valence-electron chi connectivity index (χ4n) is 2.45. The molecule has 1 heterocycles. The number of aromatic nitrogens is 1. The van der Waals surface area contributed by atoms with Crippen LogP contribution in [0, 0.1) is 5.41 Å². The van der Waals surface area contributed by atoms with E-state index in [1.165, 1.54) is 0 Å². The topological polar surface area (TPSA) is 128 Å². The van der Waals surface area contributed by atoms with Gasteiger partial charge < -0.3 is 19.3 Å². The zero-order valence-corrected chi connectivity index (χ0v) is 15.3. The molecule has 0 fully saturated rings. The van der Waals surface area contributed by atoms with Crippen molar-refractivity contribution in [2.24, 2.45) is 5.41 Å². The van der Waals surface area contributed by atoms with Gasteiger partial charge in [0.15, 0.2) is 0 Å². The summed E-state index contributed by atoms with van der Waals surface area (Å²) in [5.74, 6) is -2.46. The van der Waals surface area contributed by atoms with E-state index in [0.29, 0.717) is 12.2 Å². The predicted molar refractivity (Wildman–Crippen MR) is 86.8 cm³/mol. The number of ether oxygens (including phenoxy) is 2. The Morgan fingerprint density at radius 1 is 1.08 bits per heavy atom. The fraction of sp³-hybridized carbons (Fsp3) is 0.625. The molecule has 0 spiro atoms. The molecule has 0 aliphatic heterocycles. The van der Waals surface area contributed by atoms with Gasteiger partial charge in [0.2, 0.25) is 11.4 Å².